The van der Waals surface area contributed by atoms with Gasteiger partial charge in [0.05, 0.1) is 11.4 Å². The second-order valence-corrected chi connectivity index (χ2v) is 6.63. The topological polar surface area (TPSA) is 26.8 Å². The van der Waals surface area contributed by atoms with Crippen molar-refractivity contribution in [3.63, 3.8) is 0 Å². The largest absolute Gasteiger partial charge is 0.371 e. The first kappa shape index (κ1) is 11.1. The molecule has 0 aromatic heterocycles. The van der Waals surface area contributed by atoms with E-state index in [0.717, 1.165) is 56.7 Å². The average Bonchev–Trinajstić information content (AvgIpc) is 2.90. The summed E-state index contributed by atoms with van der Waals surface area (Å²) in [7, 11) is 0. The van der Waals surface area contributed by atoms with Crippen molar-refractivity contribution in [3.8, 4) is 0 Å². The zero-order valence-corrected chi connectivity index (χ0v) is 12.9. The van der Waals surface area contributed by atoms with Gasteiger partial charge in [0.1, 0.15) is 6.29 Å². The molecular formula is C18H25N3O. The van der Waals surface area contributed by atoms with Crippen molar-refractivity contribution in [3.05, 3.63) is 23.8 Å². The minimum Gasteiger partial charge on any atom is -0.371 e. The Kier molecular flexibility index (Phi) is 2.80. The molecule has 1 saturated heterocycles. The number of carbonyl (C=O) groups is 1. The monoisotopic (exact) mass is 302 g/mol. The molecule has 118 valence electrons. The van der Waals surface area contributed by atoms with Gasteiger partial charge in [0, 0.05) is 55.6 Å². The van der Waals surface area contributed by atoms with E-state index in [4.69, 9.17) is 4.11 Å². The zero-order chi connectivity index (χ0) is 17.6. The number of piperidine rings is 1. The number of para-hydroxylation sites is 1. The van der Waals surface area contributed by atoms with Crippen molar-refractivity contribution in [2.75, 3.05) is 49.5 Å². The summed E-state index contributed by atoms with van der Waals surface area (Å²) in [5.41, 5.74) is 3.32. The molecule has 0 unspecified atom stereocenters. The van der Waals surface area contributed by atoms with E-state index < -0.39 is 6.98 Å². The number of rotatable bonds is 4. The molecule has 0 radical (unpaired) electrons. The lowest BCUT2D eigenvalue weighted by Gasteiger charge is -2.41. The Morgan fingerprint density at radius 2 is 2.32 bits per heavy atom. The number of aldehydes is 1. The molecule has 22 heavy (non-hydrogen) atoms. The number of likely N-dealkylation sites (N-methyl/N-ethyl adjacent to an activating group) is 1. The highest BCUT2D eigenvalue weighted by molar-refractivity contribution is 5.80. The molecule has 0 amide bonds. The Labute approximate surface area is 136 Å². The van der Waals surface area contributed by atoms with E-state index in [1.807, 2.05) is 12.1 Å². The average molecular weight is 302 g/mol. The maximum Gasteiger partial charge on any atom is 0.120 e. The highest BCUT2D eigenvalue weighted by Crippen LogP contribution is 2.50. The number of carbonyl (C=O) groups excluding carboxylic acids is 1. The van der Waals surface area contributed by atoms with Crippen LogP contribution in [0, 0.1) is 0 Å². The van der Waals surface area contributed by atoms with Gasteiger partial charge in [0.25, 0.3) is 0 Å². The lowest BCUT2D eigenvalue weighted by Crippen LogP contribution is -2.49. The second-order valence-electron chi connectivity index (χ2n) is 6.63. The number of fused-ring (bicyclic) bond motifs is 3. The van der Waals surface area contributed by atoms with Gasteiger partial charge in [-0.1, -0.05) is 12.1 Å². The van der Waals surface area contributed by atoms with Crippen LogP contribution in [0.25, 0.3) is 0 Å². The van der Waals surface area contributed by atoms with Crippen LogP contribution in [0.3, 0.4) is 0 Å². The second kappa shape index (κ2) is 5.58. The molecule has 0 spiro atoms. The van der Waals surface area contributed by atoms with E-state index in [0.29, 0.717) is 24.9 Å². The first-order chi connectivity index (χ1) is 12.0. The highest BCUT2D eigenvalue weighted by atomic mass is 16.1. The molecule has 0 aliphatic carbocycles. The van der Waals surface area contributed by atoms with Crippen molar-refractivity contribution in [2.24, 2.45) is 0 Å². The fourth-order valence-electron chi connectivity index (χ4n) is 4.44. The van der Waals surface area contributed by atoms with Gasteiger partial charge < -0.3 is 19.5 Å². The summed E-state index contributed by atoms with van der Waals surface area (Å²) in [6.45, 7) is 2.29. The number of likely N-dealkylation sites (tertiary alicyclic amines) is 1. The maximum absolute atomic E-state index is 10.6. The van der Waals surface area contributed by atoms with Crippen molar-refractivity contribution in [2.45, 2.75) is 31.2 Å². The van der Waals surface area contributed by atoms with Crippen LogP contribution in [0.4, 0.5) is 11.4 Å². The zero-order valence-electron chi connectivity index (χ0n) is 15.9. The van der Waals surface area contributed by atoms with Gasteiger partial charge in [0.2, 0.25) is 0 Å². The van der Waals surface area contributed by atoms with Gasteiger partial charge in [-0.25, -0.2) is 0 Å². The predicted molar refractivity (Wildman–Crippen MR) is 89.9 cm³/mol. The van der Waals surface area contributed by atoms with Crippen LogP contribution in [-0.2, 0) is 4.79 Å². The number of hydrogen-bond acceptors (Lipinski definition) is 4. The van der Waals surface area contributed by atoms with Crippen molar-refractivity contribution < 1.29 is 8.91 Å². The molecule has 0 saturated carbocycles. The molecule has 1 fully saturated rings. The van der Waals surface area contributed by atoms with Crippen molar-refractivity contribution >= 4 is 17.7 Å². The number of anilines is 2. The van der Waals surface area contributed by atoms with Gasteiger partial charge in [-0.2, -0.15) is 0 Å². The van der Waals surface area contributed by atoms with E-state index in [1.165, 1.54) is 5.56 Å². The molecule has 4 nitrogen and oxygen atoms in total. The Bertz CT molecular complexity index is 663. The normalized spacial score (nSPS) is 29.4. The van der Waals surface area contributed by atoms with E-state index >= 15 is 0 Å². The molecule has 0 bridgehead atoms. The molecule has 3 aliphatic heterocycles. The third-order valence-electron chi connectivity index (χ3n) is 5.45. The van der Waals surface area contributed by atoms with Gasteiger partial charge in [-0.15, -0.1) is 0 Å². The quantitative estimate of drug-likeness (QED) is 0.628. The lowest BCUT2D eigenvalue weighted by atomic mass is 9.89. The molecule has 0 N–H and O–H groups in total. The SMILES string of the molecule is [2H]C([2H])([2H])N1CCN2c3c(cccc31)[C@@H]1CN(CCCC=O)CC[C@@H]12. The lowest BCUT2D eigenvalue weighted by molar-refractivity contribution is -0.108. The number of benzene rings is 1. The fraction of sp³-hybridized carbons (Fsp3) is 0.611. The summed E-state index contributed by atoms with van der Waals surface area (Å²) in [6, 6.07) is 6.62. The first-order valence-electron chi connectivity index (χ1n) is 9.84. The Hall–Kier alpha value is -1.55. The van der Waals surface area contributed by atoms with E-state index in [9.17, 15) is 4.79 Å². The van der Waals surface area contributed by atoms with Gasteiger partial charge in [0.15, 0.2) is 0 Å². The van der Waals surface area contributed by atoms with Gasteiger partial charge >= 0.3 is 0 Å². The molecule has 3 aliphatic rings. The third kappa shape index (κ3) is 2.12. The fourth-order valence-corrected chi connectivity index (χ4v) is 4.44. The van der Waals surface area contributed by atoms with Crippen LogP contribution in [0.1, 0.15) is 34.9 Å². The van der Waals surface area contributed by atoms with E-state index in [1.54, 1.807) is 4.90 Å². The number of hydrogen-bond donors (Lipinski definition) is 0. The third-order valence-corrected chi connectivity index (χ3v) is 5.45. The minimum atomic E-state index is -2.09. The molecule has 1 aromatic carbocycles. The Balaban J connectivity index is 1.62. The molecule has 3 heterocycles. The summed E-state index contributed by atoms with van der Waals surface area (Å²) in [5.74, 6) is 0.441. The summed E-state index contributed by atoms with van der Waals surface area (Å²) in [4.78, 5) is 17.1. The number of nitrogens with zero attached hydrogens (tertiary/aromatic N) is 3. The molecule has 4 heteroatoms. The summed E-state index contributed by atoms with van der Waals surface area (Å²) in [5, 5.41) is 0. The van der Waals surface area contributed by atoms with Crippen LogP contribution in [-0.4, -0.2) is 56.9 Å². The van der Waals surface area contributed by atoms with Gasteiger partial charge in [-0.3, -0.25) is 0 Å². The minimum absolute atomic E-state index is 0.441. The van der Waals surface area contributed by atoms with Crippen LogP contribution >= 0.6 is 0 Å². The van der Waals surface area contributed by atoms with Crippen LogP contribution in [0.15, 0.2) is 18.2 Å². The van der Waals surface area contributed by atoms with Crippen LogP contribution in [0.2, 0.25) is 0 Å². The molecular weight excluding hydrogens is 274 g/mol. The van der Waals surface area contributed by atoms with Crippen molar-refractivity contribution in [1.29, 1.82) is 0 Å². The Morgan fingerprint density at radius 3 is 3.18 bits per heavy atom. The Morgan fingerprint density at radius 1 is 1.36 bits per heavy atom. The van der Waals surface area contributed by atoms with Gasteiger partial charge in [-0.05, 0) is 31.0 Å². The molecule has 4 rings (SSSR count). The number of unbranched alkanes of at least 4 members (excludes halogenated alkanes) is 1. The van der Waals surface area contributed by atoms with Crippen LogP contribution < -0.4 is 9.80 Å². The maximum atomic E-state index is 10.6. The summed E-state index contributed by atoms with van der Waals surface area (Å²) < 4.78 is 23.5. The smallest absolute Gasteiger partial charge is 0.120 e. The first-order valence-corrected chi connectivity index (χ1v) is 8.34. The van der Waals surface area contributed by atoms with Crippen LogP contribution in [0.5, 0.6) is 0 Å². The standard InChI is InChI=1S/C18H25N3O/c1-19-10-11-21-16-7-9-20(8-2-3-12-22)13-15(16)14-5-4-6-17(19)18(14)21/h4-6,12,15-16H,2-3,7-11,13H2,1H3/t15-,16-/m0/s1/i1D3. The summed E-state index contributed by atoms with van der Waals surface area (Å²) >= 11 is 0. The van der Waals surface area contributed by atoms with Crippen molar-refractivity contribution in [1.82, 2.24) is 4.90 Å². The van der Waals surface area contributed by atoms with E-state index in [-0.39, 0.29) is 0 Å². The predicted octanol–water partition coefficient (Wildman–Crippen LogP) is 2.09. The molecule has 2 atom stereocenters. The summed E-state index contributed by atoms with van der Waals surface area (Å²) in [6.07, 6.45) is 3.65. The molecule has 1 aromatic rings. The highest BCUT2D eigenvalue weighted by Gasteiger charge is 2.44. The van der Waals surface area contributed by atoms with E-state index in [2.05, 4.69) is 15.9 Å².